The van der Waals surface area contributed by atoms with Gasteiger partial charge in [0.05, 0.1) is 44.4 Å². The molecule has 0 saturated heterocycles. The number of halogens is 2. The highest BCUT2D eigenvalue weighted by atomic mass is 35.5. The topological polar surface area (TPSA) is 109 Å². The van der Waals surface area contributed by atoms with Crippen molar-refractivity contribution in [2.24, 2.45) is 0 Å². The number of ether oxygens (including phenoxy) is 2. The average Bonchev–Trinajstić information content (AvgIpc) is 3.01. The Hall–Kier alpha value is -4.80. The predicted octanol–water partition coefficient (Wildman–Crippen LogP) is 7.12. The van der Waals surface area contributed by atoms with E-state index >= 15 is 0 Å². The Kier molecular flexibility index (Phi) is 8.70. The maximum absolute atomic E-state index is 14.2. The number of hydrogen-bond donors (Lipinski definition) is 2. The van der Waals surface area contributed by atoms with Crippen LogP contribution in [0.25, 0.3) is 0 Å². The van der Waals surface area contributed by atoms with Crippen molar-refractivity contribution in [2.75, 3.05) is 34.7 Å². The van der Waals surface area contributed by atoms with E-state index in [1.54, 1.807) is 12.3 Å². The van der Waals surface area contributed by atoms with E-state index in [9.17, 15) is 9.59 Å². The van der Waals surface area contributed by atoms with Crippen molar-refractivity contribution in [3.63, 3.8) is 0 Å². The molecule has 0 saturated carbocycles. The van der Waals surface area contributed by atoms with Gasteiger partial charge in [-0.15, -0.1) is 0 Å². The number of anilines is 5. The van der Waals surface area contributed by atoms with Crippen molar-refractivity contribution in [1.82, 2.24) is 9.97 Å². The minimum atomic E-state index is -0.408. The lowest BCUT2D eigenvalue weighted by atomic mass is 10.1. The highest BCUT2D eigenvalue weighted by molar-refractivity contribution is 6.42. The molecule has 5 rings (SSSR count). The molecule has 2 heterocycles. The summed E-state index contributed by atoms with van der Waals surface area (Å²) >= 11 is 13.4. The van der Waals surface area contributed by atoms with Crippen molar-refractivity contribution in [2.45, 2.75) is 20.0 Å². The lowest BCUT2D eigenvalue weighted by molar-refractivity contribution is -0.111. The molecule has 1 aliphatic rings. The minimum Gasteiger partial charge on any atom is -0.495 e. The van der Waals surface area contributed by atoms with E-state index in [-0.39, 0.29) is 40.7 Å². The van der Waals surface area contributed by atoms with Crippen molar-refractivity contribution in [1.29, 1.82) is 0 Å². The van der Waals surface area contributed by atoms with Crippen LogP contribution in [0.15, 0.2) is 73.4 Å². The number of urea groups is 1. The van der Waals surface area contributed by atoms with Gasteiger partial charge in [0.1, 0.15) is 27.4 Å². The number of carbonyl (C=O) groups is 2. The average molecular weight is 620 g/mol. The Morgan fingerprint density at radius 2 is 1.74 bits per heavy atom. The number of methoxy groups -OCH3 is 2. The number of nitrogens with one attached hydrogen (secondary N) is 2. The second-order valence-electron chi connectivity index (χ2n) is 9.61. The normalized spacial score (nSPS) is 12.4. The van der Waals surface area contributed by atoms with Crippen LogP contribution in [0.5, 0.6) is 11.5 Å². The van der Waals surface area contributed by atoms with Gasteiger partial charge < -0.3 is 20.1 Å². The maximum atomic E-state index is 14.2. The van der Waals surface area contributed by atoms with Crippen molar-refractivity contribution in [3.8, 4) is 11.5 Å². The van der Waals surface area contributed by atoms with Crippen LogP contribution >= 0.6 is 23.2 Å². The Labute approximate surface area is 258 Å². The monoisotopic (exact) mass is 618 g/mol. The van der Waals surface area contributed by atoms with Gasteiger partial charge in [-0.3, -0.25) is 14.6 Å². The molecule has 0 radical (unpaired) electrons. The Morgan fingerprint density at radius 1 is 1.05 bits per heavy atom. The Morgan fingerprint density at radius 3 is 2.40 bits per heavy atom. The summed E-state index contributed by atoms with van der Waals surface area (Å²) in [7, 11) is 2.94. The van der Waals surface area contributed by atoms with Crippen molar-refractivity contribution >= 4 is 64.0 Å². The molecule has 1 aliphatic heterocycles. The molecule has 0 fully saturated rings. The number of benzene rings is 3. The molecule has 2 N–H and O–H groups in total. The largest absolute Gasteiger partial charge is 0.495 e. The Bertz CT molecular complexity index is 1690. The molecule has 220 valence electrons. The number of fused-ring (bicyclic) bond motifs is 1. The molecule has 0 bridgehead atoms. The quantitative estimate of drug-likeness (QED) is 0.192. The van der Waals surface area contributed by atoms with Crippen LogP contribution in [0.3, 0.4) is 0 Å². The lowest BCUT2D eigenvalue weighted by Crippen LogP contribution is -2.47. The molecule has 0 spiro atoms. The zero-order valence-corrected chi connectivity index (χ0v) is 25.2. The van der Waals surface area contributed by atoms with E-state index in [0.717, 1.165) is 11.1 Å². The fourth-order valence-electron chi connectivity index (χ4n) is 4.65. The predicted molar refractivity (Wildman–Crippen MR) is 169 cm³/mol. The van der Waals surface area contributed by atoms with Gasteiger partial charge in [0.15, 0.2) is 0 Å². The molecule has 4 aromatic rings. The van der Waals surface area contributed by atoms with Gasteiger partial charge in [-0.1, -0.05) is 66.2 Å². The van der Waals surface area contributed by atoms with Gasteiger partial charge in [0.25, 0.3) is 0 Å². The van der Waals surface area contributed by atoms with Crippen LogP contribution in [0, 0.1) is 6.92 Å². The number of carbonyl (C=O) groups excluding carboxylic acids is 2. The van der Waals surface area contributed by atoms with Crippen LogP contribution in [0.1, 0.15) is 16.7 Å². The van der Waals surface area contributed by atoms with Crippen LogP contribution in [-0.2, 0) is 17.9 Å². The minimum absolute atomic E-state index is 0.0840. The molecule has 0 aliphatic carbocycles. The molecule has 0 atom stereocenters. The zero-order valence-electron chi connectivity index (χ0n) is 23.6. The SMILES string of the molecule is C=CC(=O)Nc1cc(C)ccc1Nc1ncc2c(n1)N(Cc1ccccc1)C(=O)N(c1c(Cl)c(OC)cc(OC)c1Cl)C2. The van der Waals surface area contributed by atoms with Crippen molar-refractivity contribution in [3.05, 3.63) is 100 Å². The number of hydrogen-bond acceptors (Lipinski definition) is 7. The number of aryl methyl sites for hydroxylation is 1. The number of rotatable bonds is 9. The highest BCUT2D eigenvalue weighted by Crippen LogP contribution is 2.48. The first-order chi connectivity index (χ1) is 20.7. The first kappa shape index (κ1) is 29.7. The van der Waals surface area contributed by atoms with E-state index in [1.807, 2.05) is 55.5 Å². The number of nitrogens with zero attached hydrogens (tertiary/aromatic N) is 4. The van der Waals surface area contributed by atoms with E-state index in [4.69, 9.17) is 37.7 Å². The molecule has 10 nitrogen and oxygen atoms in total. The molecule has 43 heavy (non-hydrogen) atoms. The van der Waals surface area contributed by atoms with Crippen molar-refractivity contribution < 1.29 is 19.1 Å². The summed E-state index contributed by atoms with van der Waals surface area (Å²) in [5.41, 5.74) is 3.83. The first-order valence-electron chi connectivity index (χ1n) is 13.1. The maximum Gasteiger partial charge on any atom is 0.330 e. The van der Waals surface area contributed by atoms with E-state index in [2.05, 4.69) is 22.2 Å². The third kappa shape index (κ3) is 6.06. The van der Waals surface area contributed by atoms with E-state index in [0.29, 0.717) is 34.3 Å². The van der Waals surface area contributed by atoms with Crippen LogP contribution < -0.4 is 29.9 Å². The fourth-order valence-corrected chi connectivity index (χ4v) is 5.35. The molecule has 0 unspecified atom stereocenters. The summed E-state index contributed by atoms with van der Waals surface area (Å²) in [6.45, 7) is 5.73. The Balaban J connectivity index is 1.58. The smallest absolute Gasteiger partial charge is 0.330 e. The molecule has 3 aromatic carbocycles. The third-order valence-corrected chi connectivity index (χ3v) is 7.49. The van der Waals surface area contributed by atoms with Gasteiger partial charge in [-0.05, 0) is 36.3 Å². The summed E-state index contributed by atoms with van der Waals surface area (Å²) in [5.74, 6) is 0.897. The zero-order chi connectivity index (χ0) is 30.7. The number of aromatic nitrogens is 2. The molecule has 1 aromatic heterocycles. The second kappa shape index (κ2) is 12.6. The summed E-state index contributed by atoms with van der Waals surface area (Å²) in [5, 5.41) is 6.29. The van der Waals surface area contributed by atoms with Crippen LogP contribution in [-0.4, -0.2) is 36.1 Å². The summed E-state index contributed by atoms with van der Waals surface area (Å²) in [6.07, 6.45) is 2.83. The number of amides is 3. The molecular formula is C31H28Cl2N6O4. The third-order valence-electron chi connectivity index (χ3n) is 6.76. The standard InChI is InChI=1S/C31H28Cl2N6O4/c1-5-25(40)35-22-13-18(2)11-12-21(22)36-30-34-15-20-17-38(28-26(32)23(42-3)14-24(43-4)27(28)33)31(41)39(29(20)37-30)16-19-9-7-6-8-10-19/h5-15H,1,16-17H2,2-4H3,(H,35,40)(H,34,36,37). The van der Waals surface area contributed by atoms with Gasteiger partial charge in [0, 0.05) is 17.8 Å². The van der Waals surface area contributed by atoms with E-state index in [1.165, 1.54) is 30.1 Å². The highest BCUT2D eigenvalue weighted by Gasteiger charge is 2.36. The summed E-state index contributed by atoms with van der Waals surface area (Å²) in [6, 6.07) is 16.2. The summed E-state index contributed by atoms with van der Waals surface area (Å²) in [4.78, 5) is 38.5. The van der Waals surface area contributed by atoms with Gasteiger partial charge >= 0.3 is 6.03 Å². The molecule has 3 amide bonds. The summed E-state index contributed by atoms with van der Waals surface area (Å²) < 4.78 is 10.9. The lowest BCUT2D eigenvalue weighted by Gasteiger charge is -2.37. The molecule has 12 heteroatoms. The van der Waals surface area contributed by atoms with Crippen LogP contribution in [0.4, 0.5) is 33.6 Å². The van der Waals surface area contributed by atoms with Gasteiger partial charge in [0.2, 0.25) is 11.9 Å². The van der Waals surface area contributed by atoms with Crippen LogP contribution in [0.2, 0.25) is 10.0 Å². The van der Waals surface area contributed by atoms with Gasteiger partial charge in [-0.25, -0.2) is 9.78 Å². The molecular weight excluding hydrogens is 591 g/mol. The first-order valence-corrected chi connectivity index (χ1v) is 13.9. The second-order valence-corrected chi connectivity index (χ2v) is 10.4. The van der Waals surface area contributed by atoms with Gasteiger partial charge in [-0.2, -0.15) is 4.98 Å². The fraction of sp³-hybridized carbons (Fsp3) is 0.161. The van der Waals surface area contributed by atoms with E-state index < -0.39 is 6.03 Å².